The van der Waals surface area contributed by atoms with E-state index in [0.29, 0.717) is 17.0 Å². The van der Waals surface area contributed by atoms with Crippen LogP contribution in [0.4, 0.5) is 5.69 Å². The Kier molecular flexibility index (Phi) is 6.26. The van der Waals surface area contributed by atoms with Crippen molar-refractivity contribution in [2.24, 2.45) is 0 Å². The van der Waals surface area contributed by atoms with Gasteiger partial charge in [-0.05, 0) is 75.2 Å². The number of amides is 1. The van der Waals surface area contributed by atoms with E-state index in [4.69, 9.17) is 4.74 Å². The Hall–Kier alpha value is -3.54. The summed E-state index contributed by atoms with van der Waals surface area (Å²) >= 11 is 0. The normalized spacial score (nSPS) is 10.6. The van der Waals surface area contributed by atoms with Crippen LogP contribution in [-0.4, -0.2) is 30.2 Å². The van der Waals surface area contributed by atoms with Gasteiger partial charge < -0.3 is 19.4 Å². The largest absolute Gasteiger partial charge is 0.482 e. The Morgan fingerprint density at radius 1 is 1.00 bits per heavy atom. The zero-order valence-electron chi connectivity index (χ0n) is 17.9. The fraction of sp³-hybridized carbons (Fsp3) is 0.250. The molecule has 0 saturated heterocycles. The van der Waals surface area contributed by atoms with Gasteiger partial charge in [-0.15, -0.1) is 0 Å². The second kappa shape index (κ2) is 8.86. The molecule has 0 fully saturated rings. The third kappa shape index (κ3) is 4.54. The summed E-state index contributed by atoms with van der Waals surface area (Å²) in [6, 6.07) is 15.3. The molecule has 1 amide bonds. The lowest BCUT2D eigenvalue weighted by atomic mass is 10.1. The van der Waals surface area contributed by atoms with Crippen LogP contribution in [0.15, 0.2) is 48.5 Å². The van der Waals surface area contributed by atoms with E-state index in [1.165, 1.54) is 7.11 Å². The minimum atomic E-state index is -0.450. The van der Waals surface area contributed by atoms with Crippen LogP contribution >= 0.6 is 0 Å². The second-order valence-electron chi connectivity index (χ2n) is 7.25. The van der Waals surface area contributed by atoms with E-state index in [2.05, 4.69) is 20.7 Å². The topological polar surface area (TPSA) is 69.6 Å². The lowest BCUT2D eigenvalue weighted by Crippen LogP contribution is -2.14. The summed E-state index contributed by atoms with van der Waals surface area (Å²) in [5.41, 5.74) is 6.21. The van der Waals surface area contributed by atoms with E-state index in [9.17, 15) is 9.59 Å². The van der Waals surface area contributed by atoms with E-state index in [0.717, 1.165) is 28.2 Å². The fourth-order valence-corrected chi connectivity index (χ4v) is 3.41. The summed E-state index contributed by atoms with van der Waals surface area (Å²) in [4.78, 5) is 24.2. The number of carbonyl (C=O) groups excluding carboxylic acids is 2. The highest BCUT2D eigenvalue weighted by atomic mass is 16.6. The molecule has 0 aliphatic carbocycles. The van der Waals surface area contributed by atoms with Crippen molar-refractivity contribution in [3.63, 3.8) is 0 Å². The first-order chi connectivity index (χ1) is 14.3. The third-order valence-corrected chi connectivity index (χ3v) is 4.97. The average Bonchev–Trinajstić information content (AvgIpc) is 3.02. The molecule has 1 heterocycles. The quantitative estimate of drug-likeness (QED) is 0.611. The van der Waals surface area contributed by atoms with Crippen molar-refractivity contribution in [1.82, 2.24) is 4.57 Å². The predicted octanol–water partition coefficient (Wildman–Crippen LogP) is 4.52. The summed E-state index contributed by atoms with van der Waals surface area (Å²) in [5.74, 6) is -0.0872. The van der Waals surface area contributed by atoms with E-state index >= 15 is 0 Å². The molecule has 0 unspecified atom stereocenters. The highest BCUT2D eigenvalue weighted by Gasteiger charge is 2.17. The number of ether oxygens (including phenoxy) is 2. The van der Waals surface area contributed by atoms with Gasteiger partial charge in [0.25, 0.3) is 5.91 Å². The predicted molar refractivity (Wildman–Crippen MR) is 117 cm³/mol. The van der Waals surface area contributed by atoms with Crippen LogP contribution in [0, 0.1) is 27.7 Å². The molecule has 3 aromatic rings. The molecule has 1 N–H and O–H groups in total. The zero-order valence-corrected chi connectivity index (χ0v) is 17.9. The molecule has 0 radical (unpaired) electrons. The summed E-state index contributed by atoms with van der Waals surface area (Å²) in [6.07, 6.45) is 0. The number of carbonyl (C=O) groups is 2. The van der Waals surface area contributed by atoms with Crippen molar-refractivity contribution in [1.29, 1.82) is 0 Å². The number of nitrogens with one attached hydrogen (secondary N) is 1. The van der Waals surface area contributed by atoms with Gasteiger partial charge in [0.1, 0.15) is 5.75 Å². The molecule has 3 rings (SSSR count). The maximum Gasteiger partial charge on any atom is 0.343 e. The Bertz CT molecular complexity index is 1100. The Morgan fingerprint density at radius 2 is 1.77 bits per heavy atom. The van der Waals surface area contributed by atoms with Gasteiger partial charge in [0.05, 0.1) is 12.7 Å². The van der Waals surface area contributed by atoms with E-state index in [1.54, 1.807) is 18.2 Å². The number of nitrogens with zero attached hydrogens (tertiary/aromatic N) is 1. The number of hydrogen-bond donors (Lipinski definition) is 1. The molecule has 6 nitrogen and oxygen atoms in total. The maximum atomic E-state index is 13.0. The lowest BCUT2D eigenvalue weighted by molar-refractivity contribution is -0.142. The van der Waals surface area contributed by atoms with Gasteiger partial charge in [-0.2, -0.15) is 0 Å². The molecule has 0 spiro atoms. The molecule has 0 atom stereocenters. The second-order valence-corrected chi connectivity index (χ2v) is 7.25. The Morgan fingerprint density at radius 3 is 2.43 bits per heavy atom. The molecule has 30 heavy (non-hydrogen) atoms. The number of anilines is 1. The molecular formula is C24H26N2O4. The van der Waals surface area contributed by atoms with Crippen LogP contribution in [0.3, 0.4) is 0 Å². The van der Waals surface area contributed by atoms with Gasteiger partial charge in [0, 0.05) is 22.8 Å². The number of esters is 1. The SMILES string of the molecule is COC(=O)COc1ccc(NC(=O)c2cc(C)n(-c3cccc(C)c3)c2C)c(C)c1. The first kappa shape index (κ1) is 21.2. The summed E-state index contributed by atoms with van der Waals surface area (Å²) in [7, 11) is 1.31. The van der Waals surface area contributed by atoms with Crippen molar-refractivity contribution >= 4 is 17.6 Å². The Labute approximate surface area is 176 Å². The number of aryl methyl sites for hydroxylation is 3. The number of methoxy groups -OCH3 is 1. The highest BCUT2D eigenvalue weighted by Crippen LogP contribution is 2.25. The van der Waals surface area contributed by atoms with Gasteiger partial charge in [0.2, 0.25) is 0 Å². The molecule has 0 bridgehead atoms. The van der Waals surface area contributed by atoms with Crippen molar-refractivity contribution in [2.75, 3.05) is 19.0 Å². The van der Waals surface area contributed by atoms with Gasteiger partial charge >= 0.3 is 5.97 Å². The van der Waals surface area contributed by atoms with Crippen molar-refractivity contribution in [2.45, 2.75) is 27.7 Å². The number of hydrogen-bond acceptors (Lipinski definition) is 4. The summed E-state index contributed by atoms with van der Waals surface area (Å²) < 4.78 is 12.0. The number of aromatic nitrogens is 1. The first-order valence-corrected chi connectivity index (χ1v) is 9.67. The van der Waals surface area contributed by atoms with Crippen LogP contribution < -0.4 is 10.1 Å². The first-order valence-electron chi connectivity index (χ1n) is 9.67. The lowest BCUT2D eigenvalue weighted by Gasteiger charge is -2.12. The molecule has 6 heteroatoms. The smallest absolute Gasteiger partial charge is 0.343 e. The molecule has 156 valence electrons. The van der Waals surface area contributed by atoms with Crippen molar-refractivity contribution in [3.05, 3.63) is 76.6 Å². The molecule has 0 saturated carbocycles. The van der Waals surface area contributed by atoms with Crippen LogP contribution in [-0.2, 0) is 9.53 Å². The molecule has 1 aromatic heterocycles. The van der Waals surface area contributed by atoms with Gasteiger partial charge in [0.15, 0.2) is 6.61 Å². The molecule has 2 aromatic carbocycles. The van der Waals surface area contributed by atoms with Gasteiger partial charge in [-0.3, -0.25) is 4.79 Å². The van der Waals surface area contributed by atoms with E-state index in [-0.39, 0.29) is 12.5 Å². The van der Waals surface area contributed by atoms with Gasteiger partial charge in [-0.25, -0.2) is 4.79 Å². The Balaban J connectivity index is 1.80. The molecular weight excluding hydrogens is 380 g/mol. The van der Waals surface area contributed by atoms with Crippen LogP contribution in [0.1, 0.15) is 32.9 Å². The van der Waals surface area contributed by atoms with Crippen LogP contribution in [0.5, 0.6) is 5.75 Å². The fourth-order valence-electron chi connectivity index (χ4n) is 3.41. The monoisotopic (exact) mass is 406 g/mol. The highest BCUT2D eigenvalue weighted by molar-refractivity contribution is 6.05. The van der Waals surface area contributed by atoms with Crippen molar-refractivity contribution < 1.29 is 19.1 Å². The van der Waals surface area contributed by atoms with Gasteiger partial charge in [-0.1, -0.05) is 12.1 Å². The average molecular weight is 406 g/mol. The van der Waals surface area contributed by atoms with E-state index in [1.807, 2.05) is 52.0 Å². The number of rotatable bonds is 6. The standard InChI is InChI=1S/C24H26N2O4/c1-15-7-6-8-19(11-15)26-17(3)13-21(18(26)4)24(28)25-22-10-9-20(12-16(22)2)30-14-23(27)29-5/h6-13H,14H2,1-5H3,(H,25,28). The van der Waals surface area contributed by atoms with Crippen LogP contribution in [0.25, 0.3) is 5.69 Å². The van der Waals surface area contributed by atoms with Crippen LogP contribution in [0.2, 0.25) is 0 Å². The zero-order chi connectivity index (χ0) is 21.8. The maximum absolute atomic E-state index is 13.0. The minimum Gasteiger partial charge on any atom is -0.482 e. The molecule has 0 aliphatic rings. The summed E-state index contributed by atoms with van der Waals surface area (Å²) in [6.45, 7) is 7.70. The van der Waals surface area contributed by atoms with E-state index < -0.39 is 5.97 Å². The summed E-state index contributed by atoms with van der Waals surface area (Å²) in [5, 5.41) is 2.97. The van der Waals surface area contributed by atoms with Crippen molar-refractivity contribution in [3.8, 4) is 11.4 Å². The minimum absolute atomic E-state index is 0.160. The molecule has 0 aliphatic heterocycles. The number of benzene rings is 2. The third-order valence-electron chi connectivity index (χ3n) is 4.97.